The van der Waals surface area contributed by atoms with E-state index in [1.807, 2.05) is 12.1 Å². The van der Waals surface area contributed by atoms with E-state index >= 15 is 0 Å². The van der Waals surface area contributed by atoms with E-state index in [2.05, 4.69) is 5.32 Å². The molecular weight excluding hydrogens is 418 g/mol. The summed E-state index contributed by atoms with van der Waals surface area (Å²) in [5, 5.41) is 3.49. The van der Waals surface area contributed by atoms with Crippen LogP contribution >= 0.6 is 11.6 Å². The molecule has 2 saturated heterocycles. The second-order valence-corrected chi connectivity index (χ2v) is 8.22. The SMILES string of the molecule is COc1ccc(C(=O)NCc2cccc(Cl)c2)cc1CN1CC(=O)N2CCC[C@H]2C1=O. The summed E-state index contributed by atoms with van der Waals surface area (Å²) in [6, 6.07) is 12.0. The van der Waals surface area contributed by atoms with Crippen molar-refractivity contribution in [1.29, 1.82) is 0 Å². The summed E-state index contributed by atoms with van der Waals surface area (Å²) >= 11 is 5.99. The Labute approximate surface area is 185 Å². The monoisotopic (exact) mass is 441 g/mol. The van der Waals surface area contributed by atoms with E-state index in [9.17, 15) is 14.4 Å². The van der Waals surface area contributed by atoms with Crippen LogP contribution in [0, 0.1) is 0 Å². The normalized spacial score (nSPS) is 18.2. The number of carbonyl (C=O) groups excluding carboxylic acids is 3. The number of amides is 3. The summed E-state index contributed by atoms with van der Waals surface area (Å²) in [4.78, 5) is 41.2. The molecule has 0 radical (unpaired) electrons. The Bertz CT molecular complexity index is 1030. The van der Waals surface area contributed by atoms with Crippen molar-refractivity contribution in [3.05, 3.63) is 64.2 Å². The summed E-state index contributed by atoms with van der Waals surface area (Å²) in [6.07, 6.45) is 1.55. The summed E-state index contributed by atoms with van der Waals surface area (Å²) < 4.78 is 5.43. The minimum absolute atomic E-state index is 0.0310. The molecule has 7 nitrogen and oxygen atoms in total. The van der Waals surface area contributed by atoms with Gasteiger partial charge in [-0.05, 0) is 48.7 Å². The minimum Gasteiger partial charge on any atom is -0.496 e. The number of rotatable bonds is 6. The third-order valence-electron chi connectivity index (χ3n) is 5.74. The van der Waals surface area contributed by atoms with Gasteiger partial charge in [0.15, 0.2) is 0 Å². The molecule has 4 rings (SSSR count). The molecule has 2 fully saturated rings. The number of fused-ring (bicyclic) bond motifs is 1. The third-order valence-corrected chi connectivity index (χ3v) is 5.98. The van der Waals surface area contributed by atoms with E-state index in [0.717, 1.165) is 12.0 Å². The molecule has 0 aromatic heterocycles. The molecule has 2 heterocycles. The Morgan fingerprint density at radius 3 is 2.84 bits per heavy atom. The molecule has 8 heteroatoms. The van der Waals surface area contributed by atoms with Crippen molar-refractivity contribution in [2.45, 2.75) is 32.0 Å². The van der Waals surface area contributed by atoms with Crippen molar-refractivity contribution < 1.29 is 19.1 Å². The summed E-state index contributed by atoms with van der Waals surface area (Å²) in [6.45, 7) is 1.25. The molecule has 0 spiro atoms. The lowest BCUT2D eigenvalue weighted by atomic mass is 10.1. The number of hydrogen-bond donors (Lipinski definition) is 1. The van der Waals surface area contributed by atoms with Crippen LogP contribution in [0.15, 0.2) is 42.5 Å². The van der Waals surface area contributed by atoms with Crippen molar-refractivity contribution in [1.82, 2.24) is 15.1 Å². The fraction of sp³-hybridized carbons (Fsp3) is 0.348. The maximum atomic E-state index is 12.9. The van der Waals surface area contributed by atoms with Gasteiger partial charge < -0.3 is 19.9 Å². The lowest BCUT2D eigenvalue weighted by Crippen LogP contribution is -2.56. The van der Waals surface area contributed by atoms with Crippen LogP contribution in [0.2, 0.25) is 5.02 Å². The number of carbonyl (C=O) groups is 3. The van der Waals surface area contributed by atoms with Crippen LogP contribution in [0.25, 0.3) is 0 Å². The van der Waals surface area contributed by atoms with Crippen LogP contribution < -0.4 is 10.1 Å². The van der Waals surface area contributed by atoms with Crippen LogP contribution in [0.3, 0.4) is 0 Å². The number of hydrogen-bond acceptors (Lipinski definition) is 4. The van der Waals surface area contributed by atoms with Gasteiger partial charge in [-0.15, -0.1) is 0 Å². The van der Waals surface area contributed by atoms with E-state index in [1.165, 1.54) is 0 Å². The summed E-state index contributed by atoms with van der Waals surface area (Å²) in [7, 11) is 1.54. The van der Waals surface area contributed by atoms with Gasteiger partial charge in [-0.25, -0.2) is 0 Å². The number of nitrogens with zero attached hydrogens (tertiary/aromatic N) is 2. The Hall–Kier alpha value is -3.06. The van der Waals surface area contributed by atoms with Gasteiger partial charge in [0.05, 0.1) is 7.11 Å². The number of piperazine rings is 1. The molecule has 0 aliphatic carbocycles. The second-order valence-electron chi connectivity index (χ2n) is 7.78. The maximum Gasteiger partial charge on any atom is 0.251 e. The first-order chi connectivity index (χ1) is 15.0. The van der Waals surface area contributed by atoms with Gasteiger partial charge in [0.2, 0.25) is 11.8 Å². The molecule has 3 amide bonds. The first-order valence-corrected chi connectivity index (χ1v) is 10.6. The highest BCUT2D eigenvalue weighted by Crippen LogP contribution is 2.27. The summed E-state index contributed by atoms with van der Waals surface area (Å²) in [5.41, 5.74) is 2.04. The van der Waals surface area contributed by atoms with E-state index in [0.29, 0.717) is 41.4 Å². The Kier molecular flexibility index (Phi) is 6.13. The van der Waals surface area contributed by atoms with Gasteiger partial charge in [-0.2, -0.15) is 0 Å². The Morgan fingerprint density at radius 1 is 1.23 bits per heavy atom. The molecule has 2 aromatic rings. The molecule has 1 N–H and O–H groups in total. The smallest absolute Gasteiger partial charge is 0.251 e. The predicted octanol–water partition coefficient (Wildman–Crippen LogP) is 2.61. The number of halogens is 1. The van der Waals surface area contributed by atoms with E-state index in [-0.39, 0.29) is 36.9 Å². The zero-order valence-electron chi connectivity index (χ0n) is 17.3. The highest BCUT2D eigenvalue weighted by Gasteiger charge is 2.41. The topological polar surface area (TPSA) is 79.0 Å². The lowest BCUT2D eigenvalue weighted by Gasteiger charge is -2.36. The molecular formula is C23H24ClN3O4. The molecule has 31 heavy (non-hydrogen) atoms. The van der Waals surface area contributed by atoms with Crippen molar-refractivity contribution in [2.75, 3.05) is 20.2 Å². The van der Waals surface area contributed by atoms with Gasteiger partial charge >= 0.3 is 0 Å². The Balaban J connectivity index is 1.49. The lowest BCUT2D eigenvalue weighted by molar-refractivity contribution is -0.154. The van der Waals surface area contributed by atoms with Crippen molar-refractivity contribution in [2.24, 2.45) is 0 Å². The second kappa shape index (κ2) is 8.98. The van der Waals surface area contributed by atoms with Gasteiger partial charge in [-0.3, -0.25) is 14.4 Å². The first-order valence-electron chi connectivity index (χ1n) is 10.2. The van der Waals surface area contributed by atoms with Crippen molar-refractivity contribution >= 4 is 29.3 Å². The maximum absolute atomic E-state index is 12.9. The molecule has 0 saturated carbocycles. The quantitative estimate of drug-likeness (QED) is 0.747. The van der Waals surface area contributed by atoms with Crippen LogP contribution in [0.1, 0.15) is 34.3 Å². The standard InChI is InChI=1S/C23H24ClN3O4/c1-31-20-8-7-16(22(29)25-12-15-4-2-5-18(24)10-15)11-17(20)13-26-14-21(28)27-9-3-6-19(27)23(26)30/h2,4-5,7-8,10-11,19H,3,6,9,12-14H2,1H3,(H,25,29)/t19-/m0/s1. The fourth-order valence-corrected chi connectivity index (χ4v) is 4.39. The average Bonchev–Trinajstić information content (AvgIpc) is 3.26. The number of ether oxygens (including phenoxy) is 1. The van der Waals surface area contributed by atoms with E-state index < -0.39 is 0 Å². The van der Waals surface area contributed by atoms with Crippen LogP contribution in [0.5, 0.6) is 5.75 Å². The first kappa shape index (κ1) is 21.2. The van der Waals surface area contributed by atoms with Crippen LogP contribution in [-0.4, -0.2) is 53.8 Å². The molecule has 162 valence electrons. The predicted molar refractivity (Wildman–Crippen MR) is 116 cm³/mol. The fourth-order valence-electron chi connectivity index (χ4n) is 4.18. The number of nitrogens with one attached hydrogen (secondary N) is 1. The zero-order chi connectivity index (χ0) is 22.0. The zero-order valence-corrected chi connectivity index (χ0v) is 18.0. The molecule has 1 atom stereocenters. The molecule has 2 aliphatic heterocycles. The van der Waals surface area contributed by atoms with Crippen LogP contribution in [-0.2, 0) is 22.7 Å². The van der Waals surface area contributed by atoms with Gasteiger partial charge in [0.25, 0.3) is 5.91 Å². The largest absolute Gasteiger partial charge is 0.496 e. The van der Waals surface area contributed by atoms with Crippen molar-refractivity contribution in [3.63, 3.8) is 0 Å². The molecule has 2 aromatic carbocycles. The van der Waals surface area contributed by atoms with Gasteiger partial charge in [0, 0.05) is 35.8 Å². The molecule has 0 unspecified atom stereocenters. The highest BCUT2D eigenvalue weighted by atomic mass is 35.5. The Morgan fingerprint density at radius 2 is 2.06 bits per heavy atom. The van der Waals surface area contributed by atoms with Gasteiger partial charge in [-0.1, -0.05) is 23.7 Å². The molecule has 2 aliphatic rings. The highest BCUT2D eigenvalue weighted by molar-refractivity contribution is 6.30. The minimum atomic E-state index is -0.364. The number of benzene rings is 2. The van der Waals surface area contributed by atoms with Crippen molar-refractivity contribution in [3.8, 4) is 5.75 Å². The van der Waals surface area contributed by atoms with Gasteiger partial charge in [0.1, 0.15) is 18.3 Å². The third kappa shape index (κ3) is 4.51. The molecule has 0 bridgehead atoms. The number of methoxy groups -OCH3 is 1. The van der Waals surface area contributed by atoms with Crippen LogP contribution in [0.4, 0.5) is 0 Å². The van der Waals surface area contributed by atoms with E-state index in [4.69, 9.17) is 16.3 Å². The summed E-state index contributed by atoms with van der Waals surface area (Å²) in [5.74, 6) is 0.249. The van der Waals surface area contributed by atoms with E-state index in [1.54, 1.807) is 47.2 Å². The average molecular weight is 442 g/mol.